The Morgan fingerprint density at radius 3 is 2.68 bits per heavy atom. The van der Waals surface area contributed by atoms with E-state index in [1.54, 1.807) is 23.0 Å². The molecule has 0 saturated carbocycles. The molecule has 0 aliphatic carbocycles. The molecule has 0 aliphatic rings. The van der Waals surface area contributed by atoms with Gasteiger partial charge < -0.3 is 15.9 Å². The van der Waals surface area contributed by atoms with Crippen molar-refractivity contribution < 1.29 is 10.2 Å². The maximum atomic E-state index is 10.1. The minimum Gasteiger partial charge on any atom is -0.507 e. The fourth-order valence-electron chi connectivity index (χ4n) is 2.28. The van der Waals surface area contributed by atoms with E-state index < -0.39 is 0 Å². The second kappa shape index (κ2) is 5.82. The van der Waals surface area contributed by atoms with Crippen LogP contribution in [0.25, 0.3) is 16.9 Å². The molecule has 0 saturated heterocycles. The summed E-state index contributed by atoms with van der Waals surface area (Å²) in [5.41, 5.74) is 8.81. The molecule has 6 heteroatoms. The van der Waals surface area contributed by atoms with Gasteiger partial charge in [0.2, 0.25) is 0 Å². The third kappa shape index (κ3) is 2.58. The second-order valence-electron chi connectivity index (χ2n) is 4.82. The molecule has 3 rings (SSSR count). The summed E-state index contributed by atoms with van der Waals surface area (Å²) < 4.78 is 2.22. The van der Waals surface area contributed by atoms with Crippen LogP contribution in [0.4, 0.5) is 0 Å². The molecule has 0 unspecified atom stereocenters. The second-order valence-corrected chi connectivity index (χ2v) is 5.68. The van der Waals surface area contributed by atoms with E-state index >= 15 is 0 Å². The number of hydrogen-bond acceptors (Lipinski definition) is 4. The van der Waals surface area contributed by atoms with Crippen molar-refractivity contribution in [1.82, 2.24) is 9.78 Å². The molecule has 112 valence electrons. The van der Waals surface area contributed by atoms with Crippen LogP contribution in [0.2, 0.25) is 0 Å². The van der Waals surface area contributed by atoms with Gasteiger partial charge in [-0.1, -0.05) is 12.1 Å². The number of rotatable bonds is 3. The molecule has 0 radical (unpaired) electrons. The van der Waals surface area contributed by atoms with Crippen molar-refractivity contribution in [2.24, 2.45) is 5.73 Å². The first-order valence-corrected chi connectivity index (χ1v) is 7.44. The van der Waals surface area contributed by atoms with E-state index in [1.807, 2.05) is 24.3 Å². The first-order valence-electron chi connectivity index (χ1n) is 6.65. The number of halogens is 1. The Morgan fingerprint density at radius 1 is 1.09 bits per heavy atom. The van der Waals surface area contributed by atoms with Crippen LogP contribution in [0.15, 0.2) is 53.1 Å². The van der Waals surface area contributed by atoms with Crippen LogP contribution < -0.4 is 5.73 Å². The SMILES string of the molecule is NCc1cccc(-n2nccc2-c2cc(Br)c(O)cc2O)c1. The van der Waals surface area contributed by atoms with Crippen molar-refractivity contribution in [3.63, 3.8) is 0 Å². The van der Waals surface area contributed by atoms with Crippen LogP contribution in [0.5, 0.6) is 11.5 Å². The monoisotopic (exact) mass is 359 g/mol. The summed E-state index contributed by atoms with van der Waals surface area (Å²) >= 11 is 3.26. The van der Waals surface area contributed by atoms with Gasteiger partial charge in [0.25, 0.3) is 0 Å². The summed E-state index contributed by atoms with van der Waals surface area (Å²) in [6, 6.07) is 12.5. The molecule has 1 aromatic heterocycles. The predicted molar refractivity (Wildman–Crippen MR) is 87.9 cm³/mol. The largest absolute Gasteiger partial charge is 0.507 e. The quantitative estimate of drug-likeness (QED) is 0.670. The topological polar surface area (TPSA) is 84.3 Å². The molecule has 22 heavy (non-hydrogen) atoms. The molecule has 2 aromatic carbocycles. The molecule has 4 N–H and O–H groups in total. The molecular weight excluding hydrogens is 346 g/mol. The number of aromatic nitrogens is 2. The zero-order valence-electron chi connectivity index (χ0n) is 11.6. The summed E-state index contributed by atoms with van der Waals surface area (Å²) in [4.78, 5) is 0. The number of hydrogen-bond donors (Lipinski definition) is 3. The maximum absolute atomic E-state index is 10.1. The van der Waals surface area contributed by atoms with Crippen molar-refractivity contribution in [1.29, 1.82) is 0 Å². The van der Waals surface area contributed by atoms with Gasteiger partial charge in [-0.2, -0.15) is 5.10 Å². The highest BCUT2D eigenvalue weighted by Crippen LogP contribution is 2.37. The molecule has 0 aliphatic heterocycles. The molecule has 0 amide bonds. The third-order valence-corrected chi connectivity index (χ3v) is 4.01. The van der Waals surface area contributed by atoms with Gasteiger partial charge in [0.15, 0.2) is 0 Å². The van der Waals surface area contributed by atoms with Gasteiger partial charge in [0, 0.05) is 18.2 Å². The smallest absolute Gasteiger partial charge is 0.133 e. The normalized spacial score (nSPS) is 10.8. The average molecular weight is 360 g/mol. The van der Waals surface area contributed by atoms with E-state index in [4.69, 9.17) is 5.73 Å². The summed E-state index contributed by atoms with van der Waals surface area (Å²) in [5, 5.41) is 24.1. The Kier molecular flexibility index (Phi) is 3.87. The van der Waals surface area contributed by atoms with E-state index in [0.717, 1.165) is 11.3 Å². The third-order valence-electron chi connectivity index (χ3n) is 3.37. The molecule has 1 heterocycles. The van der Waals surface area contributed by atoms with Gasteiger partial charge in [0.1, 0.15) is 11.5 Å². The number of nitrogens with two attached hydrogens (primary N) is 1. The molecular formula is C16H14BrN3O2. The van der Waals surface area contributed by atoms with Gasteiger partial charge in [-0.15, -0.1) is 0 Å². The molecule has 0 fully saturated rings. The molecule has 5 nitrogen and oxygen atoms in total. The lowest BCUT2D eigenvalue weighted by atomic mass is 10.1. The fourth-order valence-corrected chi connectivity index (χ4v) is 2.63. The van der Waals surface area contributed by atoms with Crippen LogP contribution in [-0.2, 0) is 6.54 Å². The summed E-state index contributed by atoms with van der Waals surface area (Å²) in [6.45, 7) is 0.445. The minimum absolute atomic E-state index is 0.0163. The lowest BCUT2D eigenvalue weighted by Crippen LogP contribution is -2.02. The number of benzene rings is 2. The van der Waals surface area contributed by atoms with Crippen molar-refractivity contribution in [2.75, 3.05) is 0 Å². The lowest BCUT2D eigenvalue weighted by molar-refractivity contribution is 0.449. The number of phenolic OH excluding ortho intramolecular Hbond substituents is 2. The Morgan fingerprint density at radius 2 is 1.91 bits per heavy atom. The van der Waals surface area contributed by atoms with Crippen LogP contribution in [0.3, 0.4) is 0 Å². The van der Waals surface area contributed by atoms with E-state index in [-0.39, 0.29) is 11.5 Å². The molecule has 0 bridgehead atoms. The highest BCUT2D eigenvalue weighted by atomic mass is 79.9. The highest BCUT2D eigenvalue weighted by molar-refractivity contribution is 9.10. The first kappa shape index (κ1) is 14.6. The highest BCUT2D eigenvalue weighted by Gasteiger charge is 2.14. The Bertz CT molecular complexity index is 830. The average Bonchev–Trinajstić information content (AvgIpc) is 3.00. The number of phenols is 2. The number of nitrogens with zero attached hydrogens (tertiary/aromatic N) is 2. The summed E-state index contributed by atoms with van der Waals surface area (Å²) in [5.74, 6) is -0.0325. The van der Waals surface area contributed by atoms with Crippen LogP contribution in [0.1, 0.15) is 5.56 Å². The molecule has 0 atom stereocenters. The van der Waals surface area contributed by atoms with Crippen LogP contribution in [-0.4, -0.2) is 20.0 Å². The van der Waals surface area contributed by atoms with Gasteiger partial charge in [0.05, 0.1) is 22.1 Å². The predicted octanol–water partition coefficient (Wildman–Crippen LogP) is 3.17. The Hall–Kier alpha value is -2.31. The van der Waals surface area contributed by atoms with E-state index in [9.17, 15) is 10.2 Å². The Balaban J connectivity index is 2.15. The van der Waals surface area contributed by atoms with Crippen molar-refractivity contribution in [3.8, 4) is 28.4 Å². The first-order chi connectivity index (χ1) is 10.6. The zero-order valence-corrected chi connectivity index (χ0v) is 13.2. The van der Waals surface area contributed by atoms with Gasteiger partial charge in [-0.25, -0.2) is 4.68 Å². The fraction of sp³-hybridized carbons (Fsp3) is 0.0625. The molecule has 0 spiro atoms. The minimum atomic E-state index is -0.0163. The van der Waals surface area contributed by atoms with E-state index in [1.165, 1.54) is 6.07 Å². The maximum Gasteiger partial charge on any atom is 0.133 e. The standard InChI is InChI=1S/C16H14BrN3O2/c17-13-7-12(15(21)8-16(13)22)14-4-5-19-20(14)11-3-1-2-10(6-11)9-18/h1-8,21-22H,9,18H2. The van der Waals surface area contributed by atoms with Crippen molar-refractivity contribution in [3.05, 3.63) is 58.7 Å². The summed E-state index contributed by atoms with van der Waals surface area (Å²) in [7, 11) is 0. The Labute approximate surface area is 135 Å². The van der Waals surface area contributed by atoms with Crippen LogP contribution >= 0.6 is 15.9 Å². The van der Waals surface area contributed by atoms with Gasteiger partial charge >= 0.3 is 0 Å². The van der Waals surface area contributed by atoms with Crippen LogP contribution in [0, 0.1) is 0 Å². The molecule has 3 aromatic rings. The van der Waals surface area contributed by atoms with Gasteiger partial charge in [-0.3, -0.25) is 0 Å². The van der Waals surface area contributed by atoms with Gasteiger partial charge in [-0.05, 0) is 45.8 Å². The van der Waals surface area contributed by atoms with E-state index in [0.29, 0.717) is 22.3 Å². The summed E-state index contributed by atoms with van der Waals surface area (Å²) in [6.07, 6.45) is 1.66. The zero-order chi connectivity index (χ0) is 15.7. The van der Waals surface area contributed by atoms with Crippen molar-refractivity contribution in [2.45, 2.75) is 6.54 Å². The van der Waals surface area contributed by atoms with E-state index in [2.05, 4.69) is 21.0 Å². The number of aromatic hydroxyl groups is 2. The van der Waals surface area contributed by atoms with Crippen molar-refractivity contribution >= 4 is 15.9 Å². The lowest BCUT2D eigenvalue weighted by Gasteiger charge is -2.11.